The molecule has 0 spiro atoms. The van der Waals surface area contributed by atoms with Crippen LogP contribution in [0.15, 0.2) is 48.8 Å². The van der Waals surface area contributed by atoms with E-state index in [1.165, 1.54) is 0 Å². The Morgan fingerprint density at radius 2 is 2.20 bits per heavy atom. The summed E-state index contributed by atoms with van der Waals surface area (Å²) in [7, 11) is 0. The van der Waals surface area contributed by atoms with E-state index in [1.54, 1.807) is 12.4 Å². The number of carbonyl (C=O) groups excluding carboxylic acids is 1. The smallest absolute Gasteiger partial charge is 0.261 e. The summed E-state index contributed by atoms with van der Waals surface area (Å²) in [6.07, 6.45) is 4.13. The quantitative estimate of drug-likeness (QED) is 0.737. The summed E-state index contributed by atoms with van der Waals surface area (Å²) in [5.41, 5.74) is 1.92. The van der Waals surface area contributed by atoms with Crippen LogP contribution in [0.5, 0.6) is 5.75 Å². The zero-order valence-corrected chi connectivity index (χ0v) is 13.5. The number of ether oxygens (including phenoxy) is 1. The van der Waals surface area contributed by atoms with Gasteiger partial charge in [-0.05, 0) is 23.8 Å². The molecule has 4 rings (SSSR count). The van der Waals surface area contributed by atoms with Gasteiger partial charge in [0, 0.05) is 37.3 Å². The molecule has 7 nitrogen and oxygen atoms in total. The van der Waals surface area contributed by atoms with Crippen LogP contribution in [0.3, 0.4) is 0 Å². The van der Waals surface area contributed by atoms with E-state index in [4.69, 9.17) is 4.74 Å². The van der Waals surface area contributed by atoms with Gasteiger partial charge in [-0.1, -0.05) is 18.2 Å². The molecule has 1 atom stereocenters. The number of rotatable bonds is 5. The van der Waals surface area contributed by atoms with Gasteiger partial charge in [-0.3, -0.25) is 14.9 Å². The van der Waals surface area contributed by atoms with Gasteiger partial charge < -0.3 is 10.1 Å². The average molecular weight is 335 g/mol. The molecule has 1 aliphatic rings. The van der Waals surface area contributed by atoms with Crippen molar-refractivity contribution in [3.05, 3.63) is 60.2 Å². The molecule has 0 aliphatic carbocycles. The van der Waals surface area contributed by atoms with E-state index in [2.05, 4.69) is 25.5 Å². The molecule has 3 aromatic rings. The van der Waals surface area contributed by atoms with Gasteiger partial charge in [-0.15, -0.1) is 0 Å². The van der Waals surface area contributed by atoms with Crippen LogP contribution in [-0.2, 0) is 17.6 Å². The standard InChI is InChI=1S/C18H17N5O2/c24-18(15-10-12-4-1-2-6-14(12)25-15)20-9-7-16-21-17(23-22-16)13-5-3-8-19-11-13/h1-6,8,11,15H,7,9-10H2,(H,20,24)(H,21,22,23). The molecular formula is C18H17N5O2. The summed E-state index contributed by atoms with van der Waals surface area (Å²) in [6.45, 7) is 0.469. The van der Waals surface area contributed by atoms with E-state index in [0.717, 1.165) is 22.7 Å². The maximum absolute atomic E-state index is 12.2. The molecule has 25 heavy (non-hydrogen) atoms. The summed E-state index contributed by atoms with van der Waals surface area (Å²) in [5, 5.41) is 9.96. The zero-order valence-electron chi connectivity index (χ0n) is 13.5. The summed E-state index contributed by atoms with van der Waals surface area (Å²) >= 11 is 0. The second-order valence-corrected chi connectivity index (χ2v) is 5.81. The lowest BCUT2D eigenvalue weighted by Crippen LogP contribution is -2.38. The van der Waals surface area contributed by atoms with Crippen LogP contribution >= 0.6 is 0 Å². The number of hydrogen-bond donors (Lipinski definition) is 2. The van der Waals surface area contributed by atoms with Gasteiger partial charge >= 0.3 is 0 Å². The third kappa shape index (κ3) is 3.35. The number of aromatic nitrogens is 4. The van der Waals surface area contributed by atoms with Crippen LogP contribution in [0, 0.1) is 0 Å². The number of pyridine rings is 1. The molecule has 3 heterocycles. The third-order valence-corrected chi connectivity index (χ3v) is 4.05. The minimum atomic E-state index is -0.460. The normalized spacial score (nSPS) is 15.4. The SMILES string of the molecule is O=C(NCCc1nc(-c2cccnc2)n[nH]1)C1Cc2ccccc2O1. The van der Waals surface area contributed by atoms with E-state index in [9.17, 15) is 4.79 Å². The molecule has 0 radical (unpaired) electrons. The molecule has 1 aromatic carbocycles. The minimum Gasteiger partial charge on any atom is -0.480 e. The first-order valence-electron chi connectivity index (χ1n) is 8.13. The molecular weight excluding hydrogens is 318 g/mol. The molecule has 1 amide bonds. The van der Waals surface area contributed by atoms with Crippen molar-refractivity contribution < 1.29 is 9.53 Å². The van der Waals surface area contributed by atoms with Gasteiger partial charge in [0.05, 0.1) is 0 Å². The largest absolute Gasteiger partial charge is 0.480 e. The van der Waals surface area contributed by atoms with E-state index in [-0.39, 0.29) is 5.91 Å². The lowest BCUT2D eigenvalue weighted by molar-refractivity contribution is -0.127. The van der Waals surface area contributed by atoms with E-state index < -0.39 is 6.10 Å². The Morgan fingerprint density at radius 1 is 1.28 bits per heavy atom. The van der Waals surface area contributed by atoms with E-state index in [0.29, 0.717) is 25.2 Å². The molecule has 126 valence electrons. The Morgan fingerprint density at radius 3 is 3.04 bits per heavy atom. The number of nitrogens with zero attached hydrogens (tertiary/aromatic N) is 3. The van der Waals surface area contributed by atoms with Gasteiger partial charge in [0.15, 0.2) is 11.9 Å². The Hall–Kier alpha value is -3.22. The summed E-state index contributed by atoms with van der Waals surface area (Å²) in [6, 6.07) is 11.5. The molecule has 0 saturated carbocycles. The van der Waals surface area contributed by atoms with Crippen LogP contribution in [0.25, 0.3) is 11.4 Å². The Balaban J connectivity index is 1.29. The molecule has 2 N–H and O–H groups in total. The van der Waals surface area contributed by atoms with Crippen molar-refractivity contribution in [1.29, 1.82) is 0 Å². The van der Waals surface area contributed by atoms with Crippen molar-refractivity contribution in [3.8, 4) is 17.1 Å². The van der Waals surface area contributed by atoms with Crippen LogP contribution < -0.4 is 10.1 Å². The van der Waals surface area contributed by atoms with Crippen molar-refractivity contribution in [2.45, 2.75) is 18.9 Å². The number of amides is 1. The first-order chi connectivity index (χ1) is 12.3. The van der Waals surface area contributed by atoms with Gasteiger partial charge in [0.1, 0.15) is 11.6 Å². The highest BCUT2D eigenvalue weighted by atomic mass is 16.5. The molecule has 0 bridgehead atoms. The number of H-pyrrole nitrogens is 1. The van der Waals surface area contributed by atoms with Crippen molar-refractivity contribution in [3.63, 3.8) is 0 Å². The van der Waals surface area contributed by atoms with Gasteiger partial charge in [-0.25, -0.2) is 4.98 Å². The molecule has 0 saturated heterocycles. The summed E-state index contributed by atoms with van der Waals surface area (Å²) < 4.78 is 5.68. The van der Waals surface area contributed by atoms with Crippen molar-refractivity contribution in [2.24, 2.45) is 0 Å². The van der Waals surface area contributed by atoms with Gasteiger partial charge in [-0.2, -0.15) is 5.10 Å². The van der Waals surface area contributed by atoms with Gasteiger partial charge in [0.2, 0.25) is 0 Å². The molecule has 1 unspecified atom stereocenters. The van der Waals surface area contributed by atoms with Crippen LogP contribution in [0.1, 0.15) is 11.4 Å². The summed E-state index contributed by atoms with van der Waals surface area (Å²) in [4.78, 5) is 20.7. The van der Waals surface area contributed by atoms with E-state index >= 15 is 0 Å². The molecule has 7 heteroatoms. The fourth-order valence-electron chi connectivity index (χ4n) is 2.78. The topological polar surface area (TPSA) is 92.8 Å². The number of hydrogen-bond acceptors (Lipinski definition) is 5. The number of carbonyl (C=O) groups is 1. The lowest BCUT2D eigenvalue weighted by Gasteiger charge is -2.10. The molecule has 1 aliphatic heterocycles. The molecule has 2 aromatic heterocycles. The second-order valence-electron chi connectivity index (χ2n) is 5.81. The Labute approximate surface area is 144 Å². The monoisotopic (exact) mass is 335 g/mol. The summed E-state index contributed by atoms with van der Waals surface area (Å²) in [5.74, 6) is 2.00. The highest BCUT2D eigenvalue weighted by Crippen LogP contribution is 2.28. The maximum atomic E-state index is 12.2. The predicted molar refractivity (Wildman–Crippen MR) is 90.9 cm³/mol. The minimum absolute atomic E-state index is 0.108. The fraction of sp³-hybridized carbons (Fsp3) is 0.222. The first-order valence-corrected chi connectivity index (χ1v) is 8.13. The number of para-hydroxylation sites is 1. The highest BCUT2D eigenvalue weighted by Gasteiger charge is 2.28. The predicted octanol–water partition coefficient (Wildman–Crippen LogP) is 1.53. The number of nitrogens with one attached hydrogen (secondary N) is 2. The van der Waals surface area contributed by atoms with Crippen LogP contribution in [-0.4, -0.2) is 38.7 Å². The number of fused-ring (bicyclic) bond motifs is 1. The maximum Gasteiger partial charge on any atom is 0.261 e. The Kier molecular flexibility index (Phi) is 4.12. The number of benzene rings is 1. The highest BCUT2D eigenvalue weighted by molar-refractivity contribution is 5.82. The van der Waals surface area contributed by atoms with Gasteiger partial charge in [0.25, 0.3) is 5.91 Å². The van der Waals surface area contributed by atoms with Crippen LogP contribution in [0.4, 0.5) is 0 Å². The lowest BCUT2D eigenvalue weighted by atomic mass is 10.1. The third-order valence-electron chi connectivity index (χ3n) is 4.05. The fourth-order valence-corrected chi connectivity index (χ4v) is 2.78. The van der Waals surface area contributed by atoms with E-state index in [1.807, 2.05) is 36.4 Å². The van der Waals surface area contributed by atoms with Crippen molar-refractivity contribution >= 4 is 5.91 Å². The number of aromatic amines is 1. The zero-order chi connectivity index (χ0) is 17.1. The second kappa shape index (κ2) is 6.72. The Bertz CT molecular complexity index is 853. The van der Waals surface area contributed by atoms with Crippen LogP contribution in [0.2, 0.25) is 0 Å². The van der Waals surface area contributed by atoms with Crippen molar-refractivity contribution in [2.75, 3.05) is 6.54 Å². The van der Waals surface area contributed by atoms with Crippen molar-refractivity contribution in [1.82, 2.24) is 25.5 Å². The first kappa shape index (κ1) is 15.3. The average Bonchev–Trinajstić information content (AvgIpc) is 3.29. The molecule has 0 fully saturated rings.